The Labute approximate surface area is 129 Å². The van der Waals surface area contributed by atoms with Gasteiger partial charge in [-0.15, -0.1) is 8.19 Å². The molecule has 0 saturated carbocycles. The summed E-state index contributed by atoms with van der Waals surface area (Å²) in [6, 6.07) is 19.6. The molecule has 0 aliphatic heterocycles. The van der Waals surface area contributed by atoms with Crippen LogP contribution < -0.4 is 0 Å². The average molecular weight is 305 g/mol. The number of benzene rings is 2. The molecular formula is C17H12N3OP. The highest BCUT2D eigenvalue weighted by atomic mass is 31.0. The van der Waals surface area contributed by atoms with Crippen molar-refractivity contribution in [2.45, 2.75) is 0 Å². The van der Waals surface area contributed by atoms with Crippen molar-refractivity contribution >= 4 is 14.1 Å². The second-order valence-corrected chi connectivity index (χ2v) is 5.76. The van der Waals surface area contributed by atoms with Gasteiger partial charge in [-0.2, -0.15) is 0 Å². The lowest BCUT2D eigenvalue weighted by Crippen LogP contribution is -1.93. The van der Waals surface area contributed by atoms with Gasteiger partial charge in [0.15, 0.2) is 0 Å². The fourth-order valence-electron chi connectivity index (χ4n) is 2.43. The van der Waals surface area contributed by atoms with Crippen LogP contribution in [0.3, 0.4) is 0 Å². The number of carbonyl (C=O) groups is 1. The zero-order chi connectivity index (χ0) is 15.4. The minimum absolute atomic E-state index is 0.205. The van der Waals surface area contributed by atoms with Crippen LogP contribution in [0.5, 0.6) is 0 Å². The van der Waals surface area contributed by atoms with Gasteiger partial charge in [0.05, 0.1) is 0 Å². The van der Waals surface area contributed by atoms with E-state index in [-0.39, 0.29) is 8.19 Å². The third kappa shape index (κ3) is 2.66. The molecule has 0 aliphatic rings. The van der Waals surface area contributed by atoms with E-state index in [1.165, 1.54) is 0 Å². The molecule has 1 heterocycles. The number of azide groups is 1. The molecular weight excluding hydrogens is 293 g/mol. The maximum absolute atomic E-state index is 12.1. The van der Waals surface area contributed by atoms with Crippen molar-refractivity contribution in [2.75, 3.05) is 0 Å². The Kier molecular flexibility index (Phi) is 4.06. The van der Waals surface area contributed by atoms with Gasteiger partial charge in [0, 0.05) is 15.8 Å². The molecule has 1 unspecified atom stereocenters. The van der Waals surface area contributed by atoms with E-state index in [0.29, 0.717) is 5.30 Å². The molecule has 1 aromatic heterocycles. The molecule has 0 fully saturated rings. The van der Waals surface area contributed by atoms with Crippen LogP contribution in [0.15, 0.2) is 71.6 Å². The molecule has 4 nitrogen and oxygen atoms in total. The highest BCUT2D eigenvalue weighted by molar-refractivity contribution is 7.32. The van der Waals surface area contributed by atoms with Crippen LogP contribution in [0.2, 0.25) is 0 Å². The summed E-state index contributed by atoms with van der Waals surface area (Å²) in [6.07, 6.45) is 0. The first-order valence-electron chi connectivity index (χ1n) is 6.73. The Bertz CT molecular complexity index is 850. The van der Waals surface area contributed by atoms with Crippen LogP contribution in [0.4, 0.5) is 0 Å². The Morgan fingerprint density at radius 1 is 0.955 bits per heavy atom. The summed E-state index contributed by atoms with van der Waals surface area (Å²) in [5, 5.41) is 3.84. The monoisotopic (exact) mass is 305 g/mol. The van der Waals surface area contributed by atoms with Gasteiger partial charge < -0.3 is 0 Å². The summed E-state index contributed by atoms with van der Waals surface area (Å²) < 4.78 is 0. The normalized spacial score (nSPS) is 10.4. The van der Waals surface area contributed by atoms with Gasteiger partial charge in [0.1, 0.15) is 0 Å². The lowest BCUT2D eigenvalue weighted by Gasteiger charge is -2.07. The number of nitrogens with zero attached hydrogens (tertiary/aromatic N) is 3. The largest absolute Gasteiger partial charge is 0.287 e. The van der Waals surface area contributed by atoms with Crippen molar-refractivity contribution in [1.82, 2.24) is 0 Å². The van der Waals surface area contributed by atoms with Crippen LogP contribution >= 0.6 is 8.19 Å². The Balaban J connectivity index is 2.24. The fourth-order valence-corrected chi connectivity index (χ4v) is 3.63. The van der Waals surface area contributed by atoms with Crippen molar-refractivity contribution in [2.24, 2.45) is 5.11 Å². The molecule has 22 heavy (non-hydrogen) atoms. The summed E-state index contributed by atoms with van der Waals surface area (Å²) in [6.45, 7) is 0. The maximum atomic E-state index is 12.1. The van der Waals surface area contributed by atoms with Crippen LogP contribution in [-0.4, -0.2) is 5.91 Å². The third-order valence-electron chi connectivity index (χ3n) is 3.38. The second-order valence-electron chi connectivity index (χ2n) is 4.68. The minimum atomic E-state index is -0.498. The smallest absolute Gasteiger partial charge is 0.253 e. The molecule has 0 N–H and O–H groups in total. The van der Waals surface area contributed by atoms with Gasteiger partial charge in [-0.1, -0.05) is 60.7 Å². The molecule has 2 aromatic carbocycles. The number of carbonyl (C=O) groups excluding carboxylic acids is 1. The molecule has 1 amide bonds. The highest BCUT2D eigenvalue weighted by Crippen LogP contribution is 2.41. The van der Waals surface area contributed by atoms with Crippen molar-refractivity contribution in [3.63, 3.8) is 0 Å². The molecule has 1 atom stereocenters. The third-order valence-corrected chi connectivity index (χ3v) is 4.56. The summed E-state index contributed by atoms with van der Waals surface area (Å²) in [5.74, 6) is 1.54. The molecule has 5 heteroatoms. The zero-order valence-corrected chi connectivity index (χ0v) is 12.6. The van der Waals surface area contributed by atoms with E-state index >= 15 is 0 Å². The summed E-state index contributed by atoms with van der Waals surface area (Å²) in [5.41, 5.74) is 12.4. The number of rotatable bonds is 3. The summed E-state index contributed by atoms with van der Waals surface area (Å²) >= 11 is 0. The fraction of sp³-hybridized carbons (Fsp3) is 0. The van der Waals surface area contributed by atoms with Crippen molar-refractivity contribution in [3.05, 3.63) is 82.2 Å². The number of hydrogen-bond acceptors (Lipinski definition) is 1. The summed E-state index contributed by atoms with van der Waals surface area (Å²) in [4.78, 5) is 14.7. The quantitative estimate of drug-likeness (QED) is 0.358. The van der Waals surface area contributed by atoms with E-state index in [1.54, 1.807) is 0 Å². The first-order valence-corrected chi connectivity index (χ1v) is 7.80. The molecule has 106 valence electrons. The van der Waals surface area contributed by atoms with E-state index in [0.717, 1.165) is 22.3 Å². The second kappa shape index (κ2) is 6.31. The van der Waals surface area contributed by atoms with Gasteiger partial charge in [-0.25, -0.2) is 0 Å². The van der Waals surface area contributed by atoms with Gasteiger partial charge in [0.25, 0.3) is 5.91 Å². The SMILES string of the molecule is [N-]=[N+]=NC(=O)c1[pH]cc(-c2ccccc2)c1-c1ccccc1. The van der Waals surface area contributed by atoms with E-state index in [1.807, 2.05) is 66.5 Å². The average Bonchev–Trinajstić information content (AvgIpc) is 3.02. The van der Waals surface area contributed by atoms with E-state index < -0.39 is 5.91 Å². The molecule has 0 saturated heterocycles. The van der Waals surface area contributed by atoms with E-state index in [4.69, 9.17) is 5.53 Å². The van der Waals surface area contributed by atoms with Gasteiger partial charge in [0.2, 0.25) is 0 Å². The molecule has 3 rings (SSSR count). The van der Waals surface area contributed by atoms with Gasteiger partial charge in [-0.3, -0.25) is 4.79 Å². The Hall–Kier alpha value is -2.80. The summed E-state index contributed by atoms with van der Waals surface area (Å²) in [7, 11) is 0.205. The predicted molar refractivity (Wildman–Crippen MR) is 90.3 cm³/mol. The Morgan fingerprint density at radius 2 is 1.55 bits per heavy atom. The lowest BCUT2D eigenvalue weighted by molar-refractivity contribution is 0.100. The number of hydrogen-bond donors (Lipinski definition) is 0. The van der Waals surface area contributed by atoms with Crippen LogP contribution in [0, 0.1) is 0 Å². The minimum Gasteiger partial charge on any atom is -0.287 e. The van der Waals surface area contributed by atoms with Gasteiger partial charge >= 0.3 is 0 Å². The first-order chi connectivity index (χ1) is 10.8. The van der Waals surface area contributed by atoms with E-state index in [9.17, 15) is 4.79 Å². The van der Waals surface area contributed by atoms with Crippen LogP contribution in [-0.2, 0) is 0 Å². The van der Waals surface area contributed by atoms with Crippen molar-refractivity contribution < 1.29 is 4.79 Å². The lowest BCUT2D eigenvalue weighted by atomic mass is 9.97. The first kappa shape index (κ1) is 14.2. The standard InChI is InChI=1S/C17H12N3OP/c18-20-19-17(21)16-15(13-9-5-2-6-10-13)14(11-22-16)12-7-3-1-4-8-12/h1-11,22H. The van der Waals surface area contributed by atoms with Crippen LogP contribution in [0.25, 0.3) is 32.7 Å². The molecule has 0 bridgehead atoms. The number of amides is 1. The predicted octanol–water partition coefficient (Wildman–Crippen LogP) is 5.50. The van der Waals surface area contributed by atoms with Gasteiger partial charge in [-0.05, 0) is 33.1 Å². The molecule has 0 aliphatic carbocycles. The molecule has 3 aromatic rings. The topological polar surface area (TPSA) is 65.8 Å². The highest BCUT2D eigenvalue weighted by Gasteiger charge is 2.18. The van der Waals surface area contributed by atoms with Crippen molar-refractivity contribution in [3.8, 4) is 22.3 Å². The Morgan fingerprint density at radius 3 is 2.14 bits per heavy atom. The molecule has 0 spiro atoms. The van der Waals surface area contributed by atoms with E-state index in [2.05, 4.69) is 10.0 Å². The van der Waals surface area contributed by atoms with Crippen molar-refractivity contribution in [1.29, 1.82) is 0 Å². The zero-order valence-electron chi connectivity index (χ0n) is 11.6. The maximum Gasteiger partial charge on any atom is 0.253 e. The molecule has 0 radical (unpaired) electrons. The van der Waals surface area contributed by atoms with Crippen LogP contribution in [0.1, 0.15) is 10.1 Å².